The van der Waals surface area contributed by atoms with E-state index < -0.39 is 5.60 Å². The molecule has 4 rings (SSSR count). The molecule has 0 fully saturated rings. The van der Waals surface area contributed by atoms with Crippen molar-refractivity contribution >= 4 is 22.6 Å². The van der Waals surface area contributed by atoms with Crippen LogP contribution in [-0.4, -0.2) is 34.3 Å². The molecular weight excluding hydrogens is 390 g/mol. The summed E-state index contributed by atoms with van der Waals surface area (Å²) in [5.41, 5.74) is 2.26. The number of amides is 1. The van der Waals surface area contributed by atoms with Crippen LogP contribution in [0.4, 0.5) is 5.69 Å². The molecule has 2 N–H and O–H groups in total. The van der Waals surface area contributed by atoms with Crippen LogP contribution >= 0.6 is 0 Å². The van der Waals surface area contributed by atoms with Crippen molar-refractivity contribution in [3.63, 3.8) is 0 Å². The lowest BCUT2D eigenvalue weighted by Gasteiger charge is -2.29. The maximum absolute atomic E-state index is 12.2. The topological polar surface area (TPSA) is 76.4 Å². The van der Waals surface area contributed by atoms with Gasteiger partial charge in [0.05, 0.1) is 11.0 Å². The number of aryl methyl sites for hydroxylation is 1. The van der Waals surface area contributed by atoms with Gasteiger partial charge in [0.25, 0.3) is 0 Å². The number of anilines is 1. The number of aliphatic hydroxyl groups is 1. The molecule has 158 valence electrons. The van der Waals surface area contributed by atoms with Crippen molar-refractivity contribution in [2.45, 2.75) is 19.1 Å². The average Bonchev–Trinajstić information content (AvgIpc) is 3.18. The van der Waals surface area contributed by atoms with E-state index >= 15 is 0 Å². The zero-order valence-electron chi connectivity index (χ0n) is 17.6. The van der Waals surface area contributed by atoms with Crippen LogP contribution in [0.1, 0.15) is 23.9 Å². The zero-order chi connectivity index (χ0) is 21.8. The van der Waals surface area contributed by atoms with E-state index in [0.717, 1.165) is 22.2 Å². The Morgan fingerprint density at radius 1 is 1.03 bits per heavy atom. The van der Waals surface area contributed by atoms with Crippen molar-refractivity contribution in [3.05, 3.63) is 95.8 Å². The van der Waals surface area contributed by atoms with E-state index in [9.17, 15) is 9.90 Å². The van der Waals surface area contributed by atoms with Gasteiger partial charge in [-0.05, 0) is 36.2 Å². The van der Waals surface area contributed by atoms with Gasteiger partial charge in [0.15, 0.2) is 11.4 Å². The van der Waals surface area contributed by atoms with Crippen molar-refractivity contribution in [2.75, 3.05) is 19.0 Å². The van der Waals surface area contributed by atoms with Gasteiger partial charge < -0.3 is 19.7 Å². The van der Waals surface area contributed by atoms with Gasteiger partial charge >= 0.3 is 0 Å². The maximum atomic E-state index is 12.2. The molecule has 0 bridgehead atoms. The smallest absolute Gasteiger partial charge is 0.250 e. The van der Waals surface area contributed by atoms with Gasteiger partial charge in [0.2, 0.25) is 5.91 Å². The molecule has 0 unspecified atom stereocenters. The number of hydrogen-bond donors (Lipinski definition) is 2. The fourth-order valence-corrected chi connectivity index (χ4v) is 3.91. The van der Waals surface area contributed by atoms with Gasteiger partial charge in [0.1, 0.15) is 6.61 Å². The number of nitrogens with one attached hydrogen (secondary N) is 1. The number of nitrogens with zero attached hydrogens (tertiary/aromatic N) is 2. The highest BCUT2D eigenvalue weighted by atomic mass is 16.5. The standard InChI is InChI=1S/C25H25N3O3/c1-3-28-22-16-20(26-23(29)17-31-2)14-15-21(22)27-24(28)25(30,18-10-6-4-7-11-18)19-12-8-5-9-13-19/h4-16,30H,3,17H2,1-2H3,(H,26,29). The first-order chi connectivity index (χ1) is 15.1. The summed E-state index contributed by atoms with van der Waals surface area (Å²) in [6, 6.07) is 24.6. The summed E-state index contributed by atoms with van der Waals surface area (Å²) in [5.74, 6) is 0.303. The fraction of sp³-hybridized carbons (Fsp3) is 0.200. The number of rotatable bonds is 7. The zero-order valence-corrected chi connectivity index (χ0v) is 17.6. The van der Waals surface area contributed by atoms with Crippen LogP contribution in [0.2, 0.25) is 0 Å². The Balaban J connectivity index is 1.90. The van der Waals surface area contributed by atoms with E-state index in [0.29, 0.717) is 18.1 Å². The maximum Gasteiger partial charge on any atom is 0.250 e. The van der Waals surface area contributed by atoms with Crippen LogP contribution in [0.3, 0.4) is 0 Å². The minimum absolute atomic E-state index is 0.0158. The molecule has 6 heteroatoms. The number of hydrogen-bond acceptors (Lipinski definition) is 4. The number of methoxy groups -OCH3 is 1. The molecule has 0 aliphatic carbocycles. The molecule has 1 aromatic heterocycles. The first-order valence-corrected chi connectivity index (χ1v) is 10.2. The minimum Gasteiger partial charge on any atom is -0.375 e. The van der Waals surface area contributed by atoms with E-state index in [1.54, 1.807) is 6.07 Å². The Labute approximate surface area is 181 Å². The summed E-state index contributed by atoms with van der Waals surface area (Å²) < 4.78 is 6.88. The third-order valence-electron chi connectivity index (χ3n) is 5.33. The summed E-state index contributed by atoms with van der Waals surface area (Å²) in [5, 5.41) is 15.0. The lowest BCUT2D eigenvalue weighted by Crippen LogP contribution is -2.32. The minimum atomic E-state index is -1.43. The molecular formula is C25H25N3O3. The van der Waals surface area contributed by atoms with E-state index in [2.05, 4.69) is 5.32 Å². The molecule has 0 spiro atoms. The van der Waals surface area contributed by atoms with Crippen LogP contribution in [0.15, 0.2) is 78.9 Å². The first-order valence-electron chi connectivity index (χ1n) is 10.2. The number of ether oxygens (including phenoxy) is 1. The SMILES string of the molecule is CCn1c(C(O)(c2ccccc2)c2ccccc2)nc2ccc(NC(=O)COC)cc21. The fourth-order valence-electron chi connectivity index (χ4n) is 3.91. The van der Waals surface area contributed by atoms with Crippen molar-refractivity contribution in [1.82, 2.24) is 9.55 Å². The quantitative estimate of drug-likeness (QED) is 0.480. The van der Waals surface area contributed by atoms with Gasteiger partial charge in [-0.1, -0.05) is 60.7 Å². The van der Waals surface area contributed by atoms with Gasteiger partial charge in [-0.25, -0.2) is 4.98 Å². The predicted molar refractivity (Wildman–Crippen MR) is 121 cm³/mol. The normalized spacial score (nSPS) is 11.6. The molecule has 0 radical (unpaired) electrons. The number of imidazole rings is 1. The van der Waals surface area contributed by atoms with Crippen LogP contribution in [0, 0.1) is 0 Å². The van der Waals surface area contributed by atoms with E-state index in [1.807, 2.05) is 84.3 Å². The lowest BCUT2D eigenvalue weighted by molar-refractivity contribution is -0.119. The Hall–Kier alpha value is -3.48. The number of carbonyl (C=O) groups excluding carboxylic acids is 1. The van der Waals surface area contributed by atoms with E-state index in [-0.39, 0.29) is 12.5 Å². The monoisotopic (exact) mass is 415 g/mol. The van der Waals surface area contributed by atoms with Gasteiger partial charge in [-0.3, -0.25) is 4.79 Å². The van der Waals surface area contributed by atoms with Crippen molar-refractivity contribution in [2.24, 2.45) is 0 Å². The summed E-state index contributed by atoms with van der Waals surface area (Å²) in [4.78, 5) is 16.8. The van der Waals surface area contributed by atoms with E-state index in [1.165, 1.54) is 7.11 Å². The van der Waals surface area contributed by atoms with Crippen LogP contribution in [-0.2, 0) is 21.7 Å². The molecule has 0 aliphatic rings. The van der Waals surface area contributed by atoms with Gasteiger partial charge in [-0.2, -0.15) is 0 Å². The number of aromatic nitrogens is 2. The highest BCUT2D eigenvalue weighted by Gasteiger charge is 2.38. The molecule has 0 saturated heterocycles. The third kappa shape index (κ3) is 3.83. The molecule has 0 aliphatic heterocycles. The number of carbonyl (C=O) groups is 1. The van der Waals surface area contributed by atoms with Gasteiger partial charge in [-0.15, -0.1) is 0 Å². The van der Waals surface area contributed by atoms with Gasteiger partial charge in [0, 0.05) is 19.3 Å². The Morgan fingerprint density at radius 2 is 1.65 bits per heavy atom. The molecule has 6 nitrogen and oxygen atoms in total. The molecule has 0 atom stereocenters. The number of fused-ring (bicyclic) bond motifs is 1. The molecule has 0 saturated carbocycles. The molecule has 4 aromatic rings. The molecule has 31 heavy (non-hydrogen) atoms. The van der Waals surface area contributed by atoms with Crippen molar-refractivity contribution in [1.29, 1.82) is 0 Å². The van der Waals surface area contributed by atoms with Crippen molar-refractivity contribution < 1.29 is 14.6 Å². The average molecular weight is 415 g/mol. The summed E-state index contributed by atoms with van der Waals surface area (Å²) in [7, 11) is 1.48. The second-order valence-corrected chi connectivity index (χ2v) is 7.31. The molecule has 3 aromatic carbocycles. The largest absolute Gasteiger partial charge is 0.375 e. The summed E-state index contributed by atoms with van der Waals surface area (Å²) >= 11 is 0. The number of benzene rings is 3. The Bertz CT molecular complexity index is 1150. The second kappa shape index (κ2) is 8.71. The van der Waals surface area contributed by atoms with Crippen LogP contribution < -0.4 is 5.32 Å². The lowest BCUT2D eigenvalue weighted by atomic mass is 9.85. The summed E-state index contributed by atoms with van der Waals surface area (Å²) in [6.07, 6.45) is 0. The van der Waals surface area contributed by atoms with Crippen LogP contribution in [0.25, 0.3) is 11.0 Å². The highest BCUT2D eigenvalue weighted by Crippen LogP contribution is 2.38. The molecule has 1 heterocycles. The van der Waals surface area contributed by atoms with Crippen molar-refractivity contribution in [3.8, 4) is 0 Å². The predicted octanol–water partition coefficient (Wildman–Crippen LogP) is 3.93. The van der Waals surface area contributed by atoms with E-state index in [4.69, 9.17) is 9.72 Å². The Kier molecular flexibility index (Phi) is 5.84. The molecule has 1 amide bonds. The third-order valence-corrected chi connectivity index (χ3v) is 5.33. The summed E-state index contributed by atoms with van der Waals surface area (Å²) in [6.45, 7) is 2.60. The highest BCUT2D eigenvalue weighted by molar-refractivity contribution is 5.94. The first kappa shape index (κ1) is 20.8. The second-order valence-electron chi connectivity index (χ2n) is 7.31. The Morgan fingerprint density at radius 3 is 2.19 bits per heavy atom. The van der Waals surface area contributed by atoms with Crippen LogP contribution in [0.5, 0.6) is 0 Å².